The molecule has 3 aromatic carbocycles. The molecule has 27 heavy (non-hydrogen) atoms. The van der Waals surface area contributed by atoms with Crippen LogP contribution in [0.3, 0.4) is 0 Å². The zero-order chi connectivity index (χ0) is 18.6. The van der Waals surface area contributed by atoms with Crippen molar-refractivity contribution in [2.75, 3.05) is 0 Å². The topological polar surface area (TPSA) is 48.2 Å². The molecule has 134 valence electrons. The molecule has 4 rings (SSSR count). The normalized spacial score (nSPS) is 10.7. The highest BCUT2D eigenvalue weighted by molar-refractivity contribution is 6.42. The zero-order valence-corrected chi connectivity index (χ0v) is 15.6. The van der Waals surface area contributed by atoms with Gasteiger partial charge in [0.2, 0.25) is 5.82 Å². The number of halogens is 2. The number of hydrogen-bond donors (Lipinski definition) is 0. The summed E-state index contributed by atoms with van der Waals surface area (Å²) in [6.07, 6.45) is 0. The van der Waals surface area contributed by atoms with Crippen LogP contribution < -0.4 is 4.74 Å². The predicted octanol–water partition coefficient (Wildman–Crippen LogP) is 6.29. The first-order valence-corrected chi connectivity index (χ1v) is 9.01. The van der Waals surface area contributed by atoms with Crippen LogP contribution in [-0.2, 0) is 6.61 Å². The fourth-order valence-electron chi connectivity index (χ4n) is 2.56. The van der Waals surface area contributed by atoms with Crippen molar-refractivity contribution in [3.63, 3.8) is 0 Å². The van der Waals surface area contributed by atoms with Gasteiger partial charge in [-0.15, -0.1) is 0 Å². The van der Waals surface area contributed by atoms with Crippen molar-refractivity contribution in [2.24, 2.45) is 0 Å². The van der Waals surface area contributed by atoms with E-state index >= 15 is 0 Å². The smallest absolute Gasteiger partial charge is 0.258 e. The highest BCUT2D eigenvalue weighted by Gasteiger charge is 2.11. The number of rotatable bonds is 5. The van der Waals surface area contributed by atoms with Gasteiger partial charge in [0.1, 0.15) is 12.4 Å². The number of aromatic nitrogens is 2. The second-order valence-corrected chi connectivity index (χ2v) is 6.67. The molecule has 0 bridgehead atoms. The monoisotopic (exact) mass is 396 g/mol. The molecular formula is C21H14Cl2N2O2. The Morgan fingerprint density at radius 3 is 2.44 bits per heavy atom. The average molecular weight is 397 g/mol. The standard InChI is InChI=1S/C21H14Cl2N2O2/c22-18-10-9-14(11-19(18)23)13-26-17-8-4-7-16(12-17)21-24-20(25-27-21)15-5-2-1-3-6-15/h1-12H,13H2. The lowest BCUT2D eigenvalue weighted by Gasteiger charge is -2.08. The number of benzene rings is 3. The van der Waals surface area contributed by atoms with Crippen molar-refractivity contribution in [1.29, 1.82) is 0 Å². The van der Waals surface area contributed by atoms with Gasteiger partial charge in [-0.2, -0.15) is 4.98 Å². The number of ether oxygens (including phenoxy) is 1. The Morgan fingerprint density at radius 1 is 0.815 bits per heavy atom. The van der Waals surface area contributed by atoms with Crippen molar-refractivity contribution < 1.29 is 9.26 Å². The second kappa shape index (κ2) is 7.82. The minimum atomic E-state index is 0.374. The molecule has 0 aliphatic heterocycles. The van der Waals surface area contributed by atoms with Gasteiger partial charge in [0.15, 0.2) is 0 Å². The molecule has 0 aliphatic carbocycles. The molecule has 0 aliphatic rings. The van der Waals surface area contributed by atoms with Crippen LogP contribution in [0.15, 0.2) is 77.3 Å². The van der Waals surface area contributed by atoms with E-state index in [-0.39, 0.29) is 0 Å². The molecule has 0 spiro atoms. The Bertz CT molecular complexity index is 1060. The molecule has 4 aromatic rings. The van der Waals surface area contributed by atoms with E-state index in [0.717, 1.165) is 16.7 Å². The van der Waals surface area contributed by atoms with Crippen molar-refractivity contribution >= 4 is 23.2 Å². The van der Waals surface area contributed by atoms with Crippen LogP contribution >= 0.6 is 23.2 Å². The van der Waals surface area contributed by atoms with Crippen molar-refractivity contribution in [1.82, 2.24) is 10.1 Å². The molecule has 0 saturated heterocycles. The molecule has 0 atom stereocenters. The van der Waals surface area contributed by atoms with Gasteiger partial charge in [-0.25, -0.2) is 0 Å². The maximum absolute atomic E-state index is 6.04. The Morgan fingerprint density at radius 2 is 1.63 bits per heavy atom. The third-order valence-electron chi connectivity index (χ3n) is 3.93. The maximum atomic E-state index is 6.04. The predicted molar refractivity (Wildman–Crippen MR) is 106 cm³/mol. The fourth-order valence-corrected chi connectivity index (χ4v) is 2.88. The van der Waals surface area contributed by atoms with Gasteiger partial charge in [0, 0.05) is 11.1 Å². The van der Waals surface area contributed by atoms with E-state index in [1.165, 1.54) is 0 Å². The summed E-state index contributed by atoms with van der Waals surface area (Å²) in [4.78, 5) is 4.47. The lowest BCUT2D eigenvalue weighted by atomic mass is 10.2. The van der Waals surface area contributed by atoms with Crippen LogP contribution in [-0.4, -0.2) is 10.1 Å². The summed E-state index contributed by atoms with van der Waals surface area (Å²) in [5.74, 6) is 1.68. The molecule has 0 saturated carbocycles. The summed E-state index contributed by atoms with van der Waals surface area (Å²) in [7, 11) is 0. The van der Waals surface area contributed by atoms with Crippen LogP contribution in [0, 0.1) is 0 Å². The SMILES string of the molecule is Clc1ccc(COc2cccc(-c3nc(-c4ccccc4)no3)c2)cc1Cl. The van der Waals surface area contributed by atoms with Gasteiger partial charge in [0.25, 0.3) is 5.89 Å². The van der Waals surface area contributed by atoms with Crippen LogP contribution in [0.25, 0.3) is 22.8 Å². The zero-order valence-electron chi connectivity index (χ0n) is 14.1. The highest BCUT2D eigenvalue weighted by atomic mass is 35.5. The van der Waals surface area contributed by atoms with E-state index in [1.807, 2.05) is 60.7 Å². The van der Waals surface area contributed by atoms with E-state index in [4.69, 9.17) is 32.5 Å². The third kappa shape index (κ3) is 4.13. The van der Waals surface area contributed by atoms with E-state index < -0.39 is 0 Å². The van der Waals surface area contributed by atoms with Gasteiger partial charge in [-0.05, 0) is 35.9 Å². The van der Waals surface area contributed by atoms with Gasteiger partial charge in [0.05, 0.1) is 10.0 Å². The van der Waals surface area contributed by atoms with Crippen LogP contribution in [0.1, 0.15) is 5.56 Å². The molecule has 4 nitrogen and oxygen atoms in total. The van der Waals surface area contributed by atoms with Crippen LogP contribution in [0.2, 0.25) is 10.0 Å². The maximum Gasteiger partial charge on any atom is 0.258 e. The first kappa shape index (κ1) is 17.6. The minimum absolute atomic E-state index is 0.374. The van der Waals surface area contributed by atoms with Crippen molar-refractivity contribution in [3.8, 4) is 28.6 Å². The Labute approximate surface area is 166 Å². The number of hydrogen-bond acceptors (Lipinski definition) is 4. The molecule has 1 heterocycles. The first-order chi connectivity index (χ1) is 13.2. The summed E-state index contributed by atoms with van der Waals surface area (Å²) < 4.78 is 11.3. The third-order valence-corrected chi connectivity index (χ3v) is 4.67. The van der Waals surface area contributed by atoms with Crippen molar-refractivity contribution in [2.45, 2.75) is 6.61 Å². The van der Waals surface area contributed by atoms with Crippen molar-refractivity contribution in [3.05, 3.63) is 88.4 Å². The summed E-state index contributed by atoms with van der Waals surface area (Å²) >= 11 is 12.0. The largest absolute Gasteiger partial charge is 0.489 e. The summed E-state index contributed by atoms with van der Waals surface area (Å²) in [5, 5.41) is 5.08. The van der Waals surface area contributed by atoms with Gasteiger partial charge in [-0.1, -0.05) is 70.8 Å². The molecule has 0 unspecified atom stereocenters. The van der Waals surface area contributed by atoms with E-state index in [2.05, 4.69) is 10.1 Å². The Balaban J connectivity index is 1.51. The van der Waals surface area contributed by atoms with E-state index in [9.17, 15) is 0 Å². The molecular weight excluding hydrogens is 383 g/mol. The second-order valence-electron chi connectivity index (χ2n) is 5.85. The summed E-state index contributed by atoms with van der Waals surface area (Å²) in [5.41, 5.74) is 2.62. The molecule has 6 heteroatoms. The Hall–Kier alpha value is -2.82. The van der Waals surface area contributed by atoms with E-state index in [1.54, 1.807) is 12.1 Å². The quantitative estimate of drug-likeness (QED) is 0.397. The summed E-state index contributed by atoms with van der Waals surface area (Å²) in [6.45, 7) is 0.374. The van der Waals surface area contributed by atoms with Gasteiger partial charge >= 0.3 is 0 Å². The number of nitrogens with zero attached hydrogens (tertiary/aromatic N) is 2. The lowest BCUT2D eigenvalue weighted by Crippen LogP contribution is -1.95. The van der Waals surface area contributed by atoms with Crippen LogP contribution in [0.5, 0.6) is 5.75 Å². The lowest BCUT2D eigenvalue weighted by molar-refractivity contribution is 0.306. The summed E-state index contributed by atoms with van der Waals surface area (Å²) in [6, 6.07) is 22.6. The molecule has 0 N–H and O–H groups in total. The van der Waals surface area contributed by atoms with Crippen LogP contribution in [0.4, 0.5) is 0 Å². The fraction of sp³-hybridized carbons (Fsp3) is 0.0476. The first-order valence-electron chi connectivity index (χ1n) is 8.25. The molecule has 0 amide bonds. The Kier molecular flexibility index (Phi) is 5.10. The molecule has 1 aromatic heterocycles. The minimum Gasteiger partial charge on any atom is -0.489 e. The average Bonchev–Trinajstić information content (AvgIpc) is 3.20. The van der Waals surface area contributed by atoms with Gasteiger partial charge < -0.3 is 9.26 Å². The van der Waals surface area contributed by atoms with E-state index in [0.29, 0.717) is 34.1 Å². The van der Waals surface area contributed by atoms with Gasteiger partial charge in [-0.3, -0.25) is 0 Å². The molecule has 0 fully saturated rings. The molecule has 0 radical (unpaired) electrons. The highest BCUT2D eigenvalue weighted by Crippen LogP contribution is 2.27.